The number of amides is 1. The standard InChI is InChI=1S/C22H25NO3/c1-15-4-2-3-5-18(15)14-23-22(24)13-19(16-6-7-16)17-8-9-20-21(12-17)26-11-10-25-20/h2-5,8-9,12,16,19H,6-7,10-11,13-14H2,1H3,(H,23,24). The van der Waals surface area contributed by atoms with Crippen molar-refractivity contribution in [1.29, 1.82) is 0 Å². The lowest BCUT2D eigenvalue weighted by molar-refractivity contribution is -0.121. The Hall–Kier alpha value is -2.49. The third-order valence-corrected chi connectivity index (χ3v) is 5.33. The summed E-state index contributed by atoms with van der Waals surface area (Å²) in [5.41, 5.74) is 3.56. The minimum absolute atomic E-state index is 0.111. The Bertz CT molecular complexity index is 798. The van der Waals surface area contributed by atoms with Crippen LogP contribution in [0.15, 0.2) is 42.5 Å². The van der Waals surface area contributed by atoms with Crippen molar-refractivity contribution >= 4 is 5.91 Å². The Morgan fingerprint density at radius 1 is 1.12 bits per heavy atom. The average molecular weight is 351 g/mol. The number of carbonyl (C=O) groups is 1. The summed E-state index contributed by atoms with van der Waals surface area (Å²) in [5.74, 6) is 2.57. The van der Waals surface area contributed by atoms with Gasteiger partial charge in [-0.1, -0.05) is 30.3 Å². The molecular formula is C22H25NO3. The van der Waals surface area contributed by atoms with Gasteiger partial charge >= 0.3 is 0 Å². The quantitative estimate of drug-likeness (QED) is 0.857. The molecule has 4 rings (SSSR count). The number of fused-ring (bicyclic) bond motifs is 1. The normalized spacial score (nSPS) is 16.8. The Morgan fingerprint density at radius 2 is 1.88 bits per heavy atom. The number of rotatable bonds is 6. The largest absolute Gasteiger partial charge is 0.486 e. The Labute approximate surface area is 154 Å². The number of nitrogens with one attached hydrogen (secondary N) is 1. The number of ether oxygens (including phenoxy) is 2. The smallest absolute Gasteiger partial charge is 0.220 e. The lowest BCUT2D eigenvalue weighted by Gasteiger charge is -2.22. The molecule has 2 aromatic carbocycles. The summed E-state index contributed by atoms with van der Waals surface area (Å²) in [5, 5.41) is 3.09. The molecule has 1 aliphatic heterocycles. The topological polar surface area (TPSA) is 47.6 Å². The van der Waals surface area contributed by atoms with Crippen molar-refractivity contribution in [2.75, 3.05) is 13.2 Å². The fraction of sp³-hybridized carbons (Fsp3) is 0.409. The Balaban J connectivity index is 1.42. The third-order valence-electron chi connectivity index (χ3n) is 5.33. The Morgan fingerprint density at radius 3 is 2.65 bits per heavy atom. The average Bonchev–Trinajstić information content (AvgIpc) is 3.50. The second-order valence-corrected chi connectivity index (χ2v) is 7.25. The van der Waals surface area contributed by atoms with Gasteiger partial charge in [0.2, 0.25) is 5.91 Å². The molecular weight excluding hydrogens is 326 g/mol. The fourth-order valence-corrected chi connectivity index (χ4v) is 3.62. The van der Waals surface area contributed by atoms with Crippen LogP contribution < -0.4 is 14.8 Å². The summed E-state index contributed by atoms with van der Waals surface area (Å²) in [6.07, 6.45) is 2.92. The van der Waals surface area contributed by atoms with E-state index in [4.69, 9.17) is 9.47 Å². The van der Waals surface area contributed by atoms with E-state index in [1.807, 2.05) is 18.2 Å². The molecule has 0 radical (unpaired) electrons. The maximum Gasteiger partial charge on any atom is 0.220 e. The van der Waals surface area contributed by atoms with Crippen LogP contribution in [0.2, 0.25) is 0 Å². The molecule has 1 heterocycles. The molecule has 2 aromatic rings. The van der Waals surface area contributed by atoms with Crippen LogP contribution in [-0.4, -0.2) is 19.1 Å². The summed E-state index contributed by atoms with van der Waals surface area (Å²) in [7, 11) is 0. The summed E-state index contributed by atoms with van der Waals surface area (Å²) in [6, 6.07) is 14.3. The maximum atomic E-state index is 12.6. The lowest BCUT2D eigenvalue weighted by atomic mass is 9.90. The fourth-order valence-electron chi connectivity index (χ4n) is 3.62. The first kappa shape index (κ1) is 17.0. The molecule has 2 aliphatic rings. The van der Waals surface area contributed by atoms with Gasteiger partial charge in [0.15, 0.2) is 11.5 Å². The SMILES string of the molecule is Cc1ccccc1CNC(=O)CC(c1ccc2c(c1)OCCO2)C1CC1. The van der Waals surface area contributed by atoms with Crippen LogP contribution in [0.25, 0.3) is 0 Å². The molecule has 1 amide bonds. The van der Waals surface area contributed by atoms with Gasteiger partial charge in [0, 0.05) is 13.0 Å². The van der Waals surface area contributed by atoms with Crippen LogP contribution in [0.3, 0.4) is 0 Å². The zero-order valence-electron chi connectivity index (χ0n) is 15.2. The van der Waals surface area contributed by atoms with E-state index in [2.05, 4.69) is 36.5 Å². The van der Waals surface area contributed by atoms with Crippen LogP contribution in [-0.2, 0) is 11.3 Å². The molecule has 1 N–H and O–H groups in total. The van der Waals surface area contributed by atoms with Gasteiger partial charge in [-0.3, -0.25) is 4.79 Å². The highest BCUT2D eigenvalue weighted by Gasteiger charge is 2.34. The molecule has 1 saturated carbocycles. The predicted octanol–water partition coefficient (Wildman–Crippen LogP) is 3.97. The van der Waals surface area contributed by atoms with Crippen LogP contribution in [0.5, 0.6) is 11.5 Å². The second-order valence-electron chi connectivity index (χ2n) is 7.25. The van der Waals surface area contributed by atoms with E-state index in [0.29, 0.717) is 32.1 Å². The van der Waals surface area contributed by atoms with Gasteiger partial charge in [-0.15, -0.1) is 0 Å². The molecule has 1 unspecified atom stereocenters. The van der Waals surface area contributed by atoms with Crippen molar-refractivity contribution in [2.24, 2.45) is 5.92 Å². The molecule has 0 spiro atoms. The van der Waals surface area contributed by atoms with E-state index in [9.17, 15) is 4.79 Å². The number of hydrogen-bond donors (Lipinski definition) is 1. The van der Waals surface area contributed by atoms with Crippen molar-refractivity contribution in [3.8, 4) is 11.5 Å². The second kappa shape index (κ2) is 7.40. The number of aryl methyl sites for hydroxylation is 1. The molecule has 1 aliphatic carbocycles. The summed E-state index contributed by atoms with van der Waals surface area (Å²) < 4.78 is 11.3. The molecule has 0 saturated heterocycles. The summed E-state index contributed by atoms with van der Waals surface area (Å²) in [4.78, 5) is 12.6. The van der Waals surface area contributed by atoms with E-state index in [-0.39, 0.29) is 11.8 Å². The van der Waals surface area contributed by atoms with Crippen molar-refractivity contribution in [1.82, 2.24) is 5.32 Å². The first-order valence-electron chi connectivity index (χ1n) is 9.41. The van der Waals surface area contributed by atoms with E-state index < -0.39 is 0 Å². The maximum absolute atomic E-state index is 12.6. The van der Waals surface area contributed by atoms with E-state index >= 15 is 0 Å². The van der Waals surface area contributed by atoms with Crippen LogP contribution in [0, 0.1) is 12.8 Å². The minimum atomic E-state index is 0.111. The number of carbonyl (C=O) groups excluding carboxylic acids is 1. The van der Waals surface area contributed by atoms with E-state index in [0.717, 1.165) is 11.5 Å². The van der Waals surface area contributed by atoms with Gasteiger partial charge in [0.25, 0.3) is 0 Å². The lowest BCUT2D eigenvalue weighted by Crippen LogP contribution is -2.25. The summed E-state index contributed by atoms with van der Waals surface area (Å²) >= 11 is 0. The van der Waals surface area contributed by atoms with Crippen molar-refractivity contribution < 1.29 is 14.3 Å². The highest BCUT2D eigenvalue weighted by atomic mass is 16.6. The van der Waals surface area contributed by atoms with Gasteiger partial charge in [-0.25, -0.2) is 0 Å². The van der Waals surface area contributed by atoms with Gasteiger partial charge < -0.3 is 14.8 Å². The molecule has 4 nitrogen and oxygen atoms in total. The monoisotopic (exact) mass is 351 g/mol. The van der Waals surface area contributed by atoms with Gasteiger partial charge in [0.05, 0.1) is 0 Å². The van der Waals surface area contributed by atoms with Gasteiger partial charge in [0.1, 0.15) is 13.2 Å². The highest BCUT2D eigenvalue weighted by molar-refractivity contribution is 5.77. The highest BCUT2D eigenvalue weighted by Crippen LogP contribution is 2.46. The molecule has 0 bridgehead atoms. The van der Waals surface area contributed by atoms with Crippen LogP contribution >= 0.6 is 0 Å². The van der Waals surface area contributed by atoms with Gasteiger partial charge in [-0.2, -0.15) is 0 Å². The third kappa shape index (κ3) is 3.85. The molecule has 1 atom stereocenters. The number of benzene rings is 2. The van der Waals surface area contributed by atoms with Crippen LogP contribution in [0.1, 0.15) is 41.9 Å². The van der Waals surface area contributed by atoms with E-state index in [1.54, 1.807) is 0 Å². The summed E-state index contributed by atoms with van der Waals surface area (Å²) in [6.45, 7) is 3.84. The van der Waals surface area contributed by atoms with Gasteiger partial charge in [-0.05, 0) is 60.4 Å². The van der Waals surface area contributed by atoms with Crippen molar-refractivity contribution in [3.05, 3.63) is 59.2 Å². The zero-order valence-corrected chi connectivity index (χ0v) is 15.2. The van der Waals surface area contributed by atoms with Crippen LogP contribution in [0.4, 0.5) is 0 Å². The molecule has 4 heteroatoms. The molecule has 0 aromatic heterocycles. The van der Waals surface area contributed by atoms with Crippen molar-refractivity contribution in [2.45, 2.75) is 38.6 Å². The minimum Gasteiger partial charge on any atom is -0.486 e. The zero-order chi connectivity index (χ0) is 17.9. The predicted molar refractivity (Wildman–Crippen MR) is 101 cm³/mol. The first-order chi connectivity index (χ1) is 12.7. The van der Waals surface area contributed by atoms with Crippen molar-refractivity contribution in [3.63, 3.8) is 0 Å². The first-order valence-corrected chi connectivity index (χ1v) is 9.41. The number of hydrogen-bond acceptors (Lipinski definition) is 3. The Kier molecular flexibility index (Phi) is 4.83. The molecule has 136 valence electrons. The van der Waals surface area contributed by atoms with E-state index in [1.165, 1.54) is 29.5 Å². The molecule has 1 fully saturated rings. The molecule has 26 heavy (non-hydrogen) atoms.